The number of carbonyl (C=O) groups is 1. The third-order valence-electron chi connectivity index (χ3n) is 2.35. The number of hydrogen-bond acceptors (Lipinski definition) is 7. The van der Waals surface area contributed by atoms with Crippen molar-refractivity contribution in [2.75, 3.05) is 11.9 Å². The molecule has 9 heteroatoms. The van der Waals surface area contributed by atoms with E-state index in [1.807, 2.05) is 0 Å². The van der Waals surface area contributed by atoms with Crippen molar-refractivity contribution in [1.82, 2.24) is 10.2 Å². The van der Waals surface area contributed by atoms with Crippen LogP contribution in [0, 0.1) is 0 Å². The number of aliphatic hydroxyl groups is 2. The molecule has 2 aromatic rings. The van der Waals surface area contributed by atoms with Gasteiger partial charge in [0.1, 0.15) is 11.4 Å². The number of nitrogens with zero attached hydrogens (tertiary/aromatic N) is 1. The van der Waals surface area contributed by atoms with Crippen molar-refractivity contribution in [3.05, 3.63) is 33.1 Å². The smallest absolute Gasteiger partial charge is 0.343 e. The molecule has 4 N–H and O–H groups in total. The lowest BCUT2D eigenvalue weighted by Gasteiger charge is -2.22. The first-order chi connectivity index (χ1) is 9.44. The van der Waals surface area contributed by atoms with Gasteiger partial charge in [0, 0.05) is 0 Å². The summed E-state index contributed by atoms with van der Waals surface area (Å²) < 4.78 is 5.24. The fourth-order valence-corrected chi connectivity index (χ4v) is 2.47. The average molecular weight is 318 g/mol. The van der Waals surface area contributed by atoms with Crippen LogP contribution in [0.1, 0.15) is 22.2 Å². The van der Waals surface area contributed by atoms with Gasteiger partial charge >= 0.3 is 5.97 Å². The number of hydrogen-bond donors (Lipinski definition) is 4. The number of aromatic amines is 1. The Hall–Kier alpha value is -1.61. The fraction of sp³-hybridized carbons (Fsp3) is 0.273. The van der Waals surface area contributed by atoms with Crippen LogP contribution in [0.15, 0.2) is 18.3 Å². The maximum atomic E-state index is 11.6. The normalized spacial score (nSPS) is 11.4. The van der Waals surface area contributed by atoms with Gasteiger partial charge in [-0.1, -0.05) is 11.6 Å². The highest BCUT2D eigenvalue weighted by Gasteiger charge is 2.30. The lowest BCUT2D eigenvalue weighted by Crippen LogP contribution is -2.34. The Morgan fingerprint density at radius 1 is 1.60 bits per heavy atom. The van der Waals surface area contributed by atoms with Crippen LogP contribution < -0.4 is 5.32 Å². The summed E-state index contributed by atoms with van der Waals surface area (Å²) in [6.07, 6.45) is 1.23. The van der Waals surface area contributed by atoms with Crippen LogP contribution >= 0.6 is 22.9 Å². The minimum Gasteiger partial charge on any atom is -0.462 e. The van der Waals surface area contributed by atoms with Gasteiger partial charge in [0.2, 0.25) is 0 Å². The SMILES string of the molecule is CCOC(=O)c1cn[nH]c1NC(O)(O)c1ccc(Cl)s1. The molecule has 0 aliphatic heterocycles. The molecule has 0 saturated heterocycles. The van der Waals surface area contributed by atoms with E-state index in [9.17, 15) is 15.0 Å². The van der Waals surface area contributed by atoms with E-state index >= 15 is 0 Å². The topological polar surface area (TPSA) is 107 Å². The number of rotatable bonds is 5. The Kier molecular flexibility index (Phi) is 4.29. The highest BCUT2D eigenvalue weighted by Crippen LogP contribution is 2.30. The van der Waals surface area contributed by atoms with Gasteiger partial charge in [0.15, 0.2) is 0 Å². The maximum Gasteiger partial charge on any atom is 0.343 e. The second-order valence-corrected chi connectivity index (χ2v) is 5.50. The monoisotopic (exact) mass is 317 g/mol. The fourth-order valence-electron chi connectivity index (χ4n) is 1.48. The van der Waals surface area contributed by atoms with Gasteiger partial charge in [0.25, 0.3) is 5.91 Å². The second kappa shape index (κ2) is 5.80. The van der Waals surface area contributed by atoms with Crippen LogP contribution in [0.5, 0.6) is 0 Å². The van der Waals surface area contributed by atoms with Crippen molar-refractivity contribution in [1.29, 1.82) is 0 Å². The minimum atomic E-state index is -2.38. The summed E-state index contributed by atoms with van der Waals surface area (Å²) in [6.45, 7) is 1.87. The van der Waals surface area contributed by atoms with Gasteiger partial charge in [-0.25, -0.2) is 4.79 Å². The van der Waals surface area contributed by atoms with Crippen LogP contribution in [0.2, 0.25) is 4.34 Å². The van der Waals surface area contributed by atoms with Crippen LogP contribution in [0.25, 0.3) is 0 Å². The Labute approximate surface area is 123 Å². The van der Waals surface area contributed by atoms with Crippen molar-refractivity contribution in [3.63, 3.8) is 0 Å². The molecule has 2 heterocycles. The van der Waals surface area contributed by atoms with Crippen molar-refractivity contribution in [2.24, 2.45) is 0 Å². The summed E-state index contributed by atoms with van der Waals surface area (Å²) in [4.78, 5) is 11.8. The predicted octanol–water partition coefficient (Wildman–Crippen LogP) is 1.51. The van der Waals surface area contributed by atoms with Gasteiger partial charge in [0.05, 0.1) is 22.0 Å². The minimum absolute atomic E-state index is 0.0398. The first-order valence-corrected chi connectivity index (χ1v) is 6.82. The lowest BCUT2D eigenvalue weighted by molar-refractivity contribution is -0.141. The Bertz CT molecular complexity index is 610. The van der Waals surface area contributed by atoms with Crippen LogP contribution in [-0.2, 0) is 10.6 Å². The predicted molar refractivity (Wildman–Crippen MR) is 73.6 cm³/mol. The molecule has 0 radical (unpaired) electrons. The van der Waals surface area contributed by atoms with E-state index in [4.69, 9.17) is 16.3 Å². The number of esters is 1. The Balaban J connectivity index is 2.22. The molecule has 0 amide bonds. The quantitative estimate of drug-likeness (QED) is 0.492. The molecule has 0 bridgehead atoms. The van der Waals surface area contributed by atoms with Gasteiger partial charge < -0.3 is 20.3 Å². The molecule has 0 atom stereocenters. The Morgan fingerprint density at radius 3 is 2.95 bits per heavy atom. The van der Waals surface area contributed by atoms with E-state index in [1.165, 1.54) is 18.3 Å². The van der Waals surface area contributed by atoms with E-state index in [2.05, 4.69) is 15.5 Å². The molecule has 7 nitrogen and oxygen atoms in total. The summed E-state index contributed by atoms with van der Waals surface area (Å²) in [5.41, 5.74) is 0.0713. The van der Waals surface area contributed by atoms with Gasteiger partial charge in [-0.15, -0.1) is 11.3 Å². The zero-order valence-electron chi connectivity index (χ0n) is 10.4. The summed E-state index contributed by atoms with van der Waals surface area (Å²) >= 11 is 6.74. The summed E-state index contributed by atoms with van der Waals surface area (Å²) in [6, 6.07) is 2.99. The van der Waals surface area contributed by atoms with Crippen LogP contribution in [0.3, 0.4) is 0 Å². The number of aromatic nitrogens is 2. The largest absolute Gasteiger partial charge is 0.462 e. The van der Waals surface area contributed by atoms with Gasteiger partial charge in [-0.2, -0.15) is 5.10 Å². The van der Waals surface area contributed by atoms with E-state index in [1.54, 1.807) is 6.92 Å². The molecule has 20 heavy (non-hydrogen) atoms. The molecule has 0 spiro atoms. The molecule has 0 unspecified atom stereocenters. The number of anilines is 1. The third-order valence-corrected chi connectivity index (χ3v) is 3.68. The van der Waals surface area contributed by atoms with Gasteiger partial charge in [-0.3, -0.25) is 5.10 Å². The molecule has 0 aliphatic rings. The number of H-pyrrole nitrogens is 1. The van der Waals surface area contributed by atoms with Gasteiger partial charge in [-0.05, 0) is 19.1 Å². The molecule has 0 fully saturated rings. The average Bonchev–Trinajstić information content (AvgIpc) is 2.98. The standard InChI is InChI=1S/C11H12ClN3O4S/c1-2-19-10(16)6-5-13-15-9(6)14-11(17,18)7-3-4-8(12)20-7/h3-5,17-18H,2H2,1H3,(H2,13,14,15). The highest BCUT2D eigenvalue weighted by molar-refractivity contribution is 7.16. The first-order valence-electron chi connectivity index (χ1n) is 5.63. The number of carbonyl (C=O) groups excluding carboxylic acids is 1. The number of nitrogens with one attached hydrogen (secondary N) is 2. The van der Waals surface area contributed by atoms with E-state index < -0.39 is 11.9 Å². The molecular weight excluding hydrogens is 306 g/mol. The van der Waals surface area contributed by atoms with E-state index in [0.29, 0.717) is 4.34 Å². The van der Waals surface area contributed by atoms with Crippen LogP contribution in [-0.4, -0.2) is 33.0 Å². The zero-order chi connectivity index (χ0) is 14.8. The second-order valence-electron chi connectivity index (χ2n) is 3.78. The number of halogens is 1. The summed E-state index contributed by atoms with van der Waals surface area (Å²) in [5, 5.41) is 28.5. The van der Waals surface area contributed by atoms with Crippen molar-refractivity contribution in [3.8, 4) is 0 Å². The molecule has 2 aromatic heterocycles. The molecule has 0 aromatic carbocycles. The maximum absolute atomic E-state index is 11.6. The molecule has 2 rings (SSSR count). The third kappa shape index (κ3) is 3.10. The summed E-state index contributed by atoms with van der Waals surface area (Å²) in [7, 11) is 0. The molecule has 0 saturated carbocycles. The van der Waals surface area contributed by atoms with Crippen molar-refractivity contribution < 1.29 is 19.7 Å². The van der Waals surface area contributed by atoms with E-state index in [-0.39, 0.29) is 22.9 Å². The molecular formula is C11H12ClN3O4S. The number of ether oxygens (including phenoxy) is 1. The zero-order valence-corrected chi connectivity index (χ0v) is 12.0. The van der Waals surface area contributed by atoms with Crippen molar-refractivity contribution >= 4 is 34.7 Å². The lowest BCUT2D eigenvalue weighted by atomic mass is 10.3. The first kappa shape index (κ1) is 14.8. The van der Waals surface area contributed by atoms with Crippen LogP contribution in [0.4, 0.5) is 5.82 Å². The highest BCUT2D eigenvalue weighted by atomic mass is 35.5. The number of thiophene rings is 1. The molecule has 0 aliphatic carbocycles. The van der Waals surface area contributed by atoms with Crippen molar-refractivity contribution in [2.45, 2.75) is 12.8 Å². The van der Waals surface area contributed by atoms with E-state index in [0.717, 1.165) is 11.3 Å². The summed E-state index contributed by atoms with van der Waals surface area (Å²) in [5.74, 6) is -2.97. The Morgan fingerprint density at radius 2 is 2.35 bits per heavy atom. The molecule has 108 valence electrons.